The lowest BCUT2D eigenvalue weighted by Crippen LogP contribution is -2.46. The Bertz CT molecular complexity index is 771. The highest BCUT2D eigenvalue weighted by Gasteiger charge is 2.61. The largest absolute Gasteiger partial charge is 0.302 e. The molecular formula is C22H24N2. The topological polar surface area (TPSA) is 6.48 Å². The van der Waals surface area contributed by atoms with Gasteiger partial charge in [0.15, 0.2) is 0 Å². The molecule has 2 aromatic carbocycles. The van der Waals surface area contributed by atoms with Crippen LogP contribution in [0.2, 0.25) is 0 Å². The highest BCUT2D eigenvalue weighted by molar-refractivity contribution is 5.51. The summed E-state index contributed by atoms with van der Waals surface area (Å²) in [6.07, 6.45) is 5.55. The van der Waals surface area contributed by atoms with Gasteiger partial charge >= 0.3 is 0 Å². The van der Waals surface area contributed by atoms with Gasteiger partial charge < -0.3 is 5.01 Å². The van der Waals surface area contributed by atoms with Gasteiger partial charge in [-0.25, -0.2) is 5.01 Å². The summed E-state index contributed by atoms with van der Waals surface area (Å²) in [6.45, 7) is 1.17. The van der Waals surface area contributed by atoms with Gasteiger partial charge in [0.05, 0.1) is 17.8 Å². The molecule has 1 saturated heterocycles. The zero-order valence-electron chi connectivity index (χ0n) is 14.0. The summed E-state index contributed by atoms with van der Waals surface area (Å²) in [4.78, 5) is 0. The third-order valence-corrected chi connectivity index (χ3v) is 7.18. The van der Waals surface area contributed by atoms with Crippen molar-refractivity contribution in [1.29, 1.82) is 0 Å². The third kappa shape index (κ3) is 1.65. The second-order valence-corrected chi connectivity index (χ2v) is 8.14. The molecule has 0 amide bonds. The van der Waals surface area contributed by atoms with Crippen LogP contribution in [-0.4, -0.2) is 17.6 Å². The highest BCUT2D eigenvalue weighted by Crippen LogP contribution is 2.61. The minimum Gasteiger partial charge on any atom is -0.302 e. The van der Waals surface area contributed by atoms with E-state index in [1.807, 2.05) is 0 Å². The van der Waals surface area contributed by atoms with E-state index in [-0.39, 0.29) is 0 Å². The lowest BCUT2D eigenvalue weighted by Gasteiger charge is -2.40. The molecule has 2 heteroatoms. The number of hydrogen-bond donors (Lipinski definition) is 0. The summed E-state index contributed by atoms with van der Waals surface area (Å²) in [5.41, 5.74) is 4.61. The normalized spacial score (nSPS) is 36.5. The molecule has 2 aliphatic heterocycles. The predicted octanol–water partition coefficient (Wildman–Crippen LogP) is 4.44. The molecule has 2 bridgehead atoms. The standard InChI is InChI=1S/C22H24N2/c1-2-7-18(8-3-1)24-21-17-11-10-16(14-17)20(21)22-19-9-5-4-6-15(19)12-13-23(22)24/h1-9,16-17,20-22H,10-14H2/t16-,17+,20+,21-,22-/m0/s1. The maximum absolute atomic E-state index is 2.73. The van der Waals surface area contributed by atoms with E-state index in [9.17, 15) is 0 Å². The first-order valence-electron chi connectivity index (χ1n) is 9.60. The van der Waals surface area contributed by atoms with Crippen molar-refractivity contribution in [3.05, 3.63) is 65.7 Å². The fourth-order valence-electron chi connectivity index (χ4n) is 6.42. The zero-order valence-corrected chi connectivity index (χ0v) is 14.0. The summed E-state index contributed by atoms with van der Waals surface area (Å²) in [7, 11) is 0. The minimum atomic E-state index is 0.607. The van der Waals surface area contributed by atoms with Crippen molar-refractivity contribution in [2.24, 2.45) is 17.8 Å². The van der Waals surface area contributed by atoms with Crippen LogP contribution in [0, 0.1) is 17.8 Å². The maximum Gasteiger partial charge on any atom is 0.0596 e. The van der Waals surface area contributed by atoms with Crippen molar-refractivity contribution in [1.82, 2.24) is 5.01 Å². The number of hydrazine groups is 1. The molecule has 6 rings (SSSR count). The number of hydrogen-bond acceptors (Lipinski definition) is 2. The molecule has 24 heavy (non-hydrogen) atoms. The van der Waals surface area contributed by atoms with Crippen molar-refractivity contribution >= 4 is 5.69 Å². The van der Waals surface area contributed by atoms with Crippen molar-refractivity contribution in [3.8, 4) is 0 Å². The maximum atomic E-state index is 2.73. The van der Waals surface area contributed by atoms with Crippen LogP contribution in [0.1, 0.15) is 36.4 Å². The Morgan fingerprint density at radius 3 is 2.54 bits per heavy atom. The van der Waals surface area contributed by atoms with Gasteiger partial charge in [-0.2, -0.15) is 0 Å². The number of fused-ring (bicyclic) bond motifs is 9. The second kappa shape index (κ2) is 4.86. The molecule has 2 aliphatic carbocycles. The van der Waals surface area contributed by atoms with Crippen LogP contribution in [0.15, 0.2) is 54.6 Å². The van der Waals surface area contributed by atoms with Crippen molar-refractivity contribution in [3.63, 3.8) is 0 Å². The van der Waals surface area contributed by atoms with E-state index in [1.165, 1.54) is 37.9 Å². The van der Waals surface area contributed by atoms with E-state index >= 15 is 0 Å². The average molecular weight is 316 g/mol. The van der Waals surface area contributed by atoms with Crippen LogP contribution in [0.4, 0.5) is 5.69 Å². The molecule has 5 atom stereocenters. The molecule has 2 heterocycles. The average Bonchev–Trinajstić information content (AvgIpc) is 3.33. The lowest BCUT2D eigenvalue weighted by molar-refractivity contribution is 0.175. The molecule has 0 aromatic heterocycles. The fourth-order valence-corrected chi connectivity index (χ4v) is 6.42. The van der Waals surface area contributed by atoms with E-state index in [2.05, 4.69) is 64.6 Å². The predicted molar refractivity (Wildman–Crippen MR) is 96.6 cm³/mol. The molecule has 0 spiro atoms. The second-order valence-electron chi connectivity index (χ2n) is 8.14. The first-order valence-corrected chi connectivity index (χ1v) is 9.60. The van der Waals surface area contributed by atoms with Gasteiger partial charge in [-0.3, -0.25) is 0 Å². The quantitative estimate of drug-likeness (QED) is 0.767. The summed E-state index contributed by atoms with van der Waals surface area (Å²) >= 11 is 0. The van der Waals surface area contributed by atoms with E-state index in [0.29, 0.717) is 6.04 Å². The smallest absolute Gasteiger partial charge is 0.0596 e. The van der Waals surface area contributed by atoms with Crippen LogP contribution in [0.25, 0.3) is 0 Å². The van der Waals surface area contributed by atoms with Gasteiger partial charge in [-0.05, 0) is 60.8 Å². The van der Waals surface area contributed by atoms with Gasteiger partial charge in [-0.1, -0.05) is 42.5 Å². The number of para-hydroxylation sites is 1. The third-order valence-electron chi connectivity index (χ3n) is 7.18. The van der Waals surface area contributed by atoms with Gasteiger partial charge in [0.1, 0.15) is 0 Å². The van der Waals surface area contributed by atoms with E-state index in [1.54, 1.807) is 11.1 Å². The first-order chi connectivity index (χ1) is 11.9. The Kier molecular flexibility index (Phi) is 2.73. The molecule has 122 valence electrons. The Hall–Kier alpha value is -1.80. The monoisotopic (exact) mass is 316 g/mol. The van der Waals surface area contributed by atoms with Crippen LogP contribution >= 0.6 is 0 Å². The number of anilines is 1. The summed E-state index contributed by atoms with van der Waals surface area (Å²) in [6, 6.07) is 21.7. The Balaban J connectivity index is 1.52. The van der Waals surface area contributed by atoms with E-state index < -0.39 is 0 Å². The van der Waals surface area contributed by atoms with Gasteiger partial charge in [0.25, 0.3) is 0 Å². The lowest BCUT2D eigenvalue weighted by atomic mass is 9.76. The summed E-state index contributed by atoms with van der Waals surface area (Å²) < 4.78 is 0. The number of benzene rings is 2. The summed E-state index contributed by atoms with van der Waals surface area (Å²) in [5, 5.41) is 5.45. The molecule has 2 saturated carbocycles. The SMILES string of the molecule is c1ccc(N2[C@H]3[C@@H]4CC[C@@H](C4)[C@H]3[C@@H]3c4ccccc4CCN32)cc1. The van der Waals surface area contributed by atoms with E-state index in [0.717, 1.165) is 23.8 Å². The van der Waals surface area contributed by atoms with Crippen molar-refractivity contribution < 1.29 is 0 Å². The molecular weight excluding hydrogens is 292 g/mol. The molecule has 0 N–H and O–H groups in total. The Morgan fingerprint density at radius 2 is 1.62 bits per heavy atom. The van der Waals surface area contributed by atoms with Crippen molar-refractivity contribution in [2.45, 2.75) is 37.8 Å². The molecule has 2 nitrogen and oxygen atoms in total. The van der Waals surface area contributed by atoms with E-state index in [4.69, 9.17) is 0 Å². The van der Waals surface area contributed by atoms with Crippen LogP contribution < -0.4 is 5.01 Å². The molecule has 3 fully saturated rings. The van der Waals surface area contributed by atoms with Crippen LogP contribution in [0.3, 0.4) is 0 Å². The first kappa shape index (κ1) is 13.5. The molecule has 0 unspecified atom stereocenters. The van der Waals surface area contributed by atoms with Gasteiger partial charge in [-0.15, -0.1) is 0 Å². The Morgan fingerprint density at radius 1 is 0.833 bits per heavy atom. The van der Waals surface area contributed by atoms with Gasteiger partial charge in [0.2, 0.25) is 0 Å². The van der Waals surface area contributed by atoms with Gasteiger partial charge in [0, 0.05) is 12.5 Å². The number of nitrogens with zero attached hydrogens (tertiary/aromatic N) is 2. The fraction of sp³-hybridized carbons (Fsp3) is 0.455. The molecule has 4 aliphatic rings. The Labute approximate surface area is 144 Å². The highest BCUT2D eigenvalue weighted by atomic mass is 15.7. The van der Waals surface area contributed by atoms with Crippen LogP contribution in [-0.2, 0) is 6.42 Å². The zero-order chi connectivity index (χ0) is 15.7. The minimum absolute atomic E-state index is 0.607. The van der Waals surface area contributed by atoms with Crippen molar-refractivity contribution in [2.75, 3.05) is 11.6 Å². The summed E-state index contributed by atoms with van der Waals surface area (Å²) in [5.74, 6) is 2.66. The molecule has 2 aromatic rings. The molecule has 0 radical (unpaired) electrons. The number of rotatable bonds is 1. The van der Waals surface area contributed by atoms with Crippen LogP contribution in [0.5, 0.6) is 0 Å².